The fourth-order valence-electron chi connectivity index (χ4n) is 2.51. The van der Waals surface area contributed by atoms with Crippen LogP contribution in [-0.2, 0) is 0 Å². The van der Waals surface area contributed by atoms with E-state index in [-0.39, 0.29) is 36.5 Å². The molecule has 2 aromatic rings. The van der Waals surface area contributed by atoms with E-state index in [1.165, 1.54) is 18.3 Å². The van der Waals surface area contributed by atoms with E-state index in [4.69, 9.17) is 0 Å². The molecule has 0 radical (unpaired) electrons. The summed E-state index contributed by atoms with van der Waals surface area (Å²) in [7, 11) is 0. The van der Waals surface area contributed by atoms with E-state index >= 15 is 0 Å². The van der Waals surface area contributed by atoms with Crippen LogP contribution in [0.1, 0.15) is 23.3 Å². The Morgan fingerprint density at radius 1 is 1.35 bits per heavy atom. The predicted molar refractivity (Wildman–Crippen MR) is 91.4 cm³/mol. The van der Waals surface area contributed by atoms with Crippen molar-refractivity contribution in [1.82, 2.24) is 20.2 Å². The minimum atomic E-state index is -0.308. The molecule has 1 fully saturated rings. The Morgan fingerprint density at radius 3 is 2.74 bits per heavy atom. The molecule has 2 heterocycles. The molecule has 1 saturated heterocycles. The summed E-state index contributed by atoms with van der Waals surface area (Å²) in [4.78, 5) is 16.3. The number of hydrogen-bond acceptors (Lipinski definition) is 3. The van der Waals surface area contributed by atoms with Gasteiger partial charge in [-0.15, -0.1) is 24.8 Å². The van der Waals surface area contributed by atoms with Crippen molar-refractivity contribution in [3.05, 3.63) is 48.3 Å². The zero-order valence-corrected chi connectivity index (χ0v) is 14.0. The van der Waals surface area contributed by atoms with Crippen LogP contribution in [0.25, 0.3) is 5.69 Å². The highest BCUT2D eigenvalue weighted by atomic mass is 35.5. The number of hydrogen-bond donors (Lipinski definition) is 2. The van der Waals surface area contributed by atoms with Gasteiger partial charge in [-0.05, 0) is 43.7 Å². The third kappa shape index (κ3) is 4.67. The van der Waals surface area contributed by atoms with Crippen molar-refractivity contribution in [3.8, 4) is 5.69 Å². The van der Waals surface area contributed by atoms with Crippen molar-refractivity contribution in [2.24, 2.45) is 0 Å². The minimum Gasteiger partial charge on any atom is -0.349 e. The van der Waals surface area contributed by atoms with Crippen molar-refractivity contribution in [3.63, 3.8) is 0 Å². The Kier molecular flexibility index (Phi) is 7.48. The number of rotatable bonds is 4. The highest BCUT2D eigenvalue weighted by Gasteiger charge is 2.17. The summed E-state index contributed by atoms with van der Waals surface area (Å²) < 4.78 is 14.6. The molecule has 126 valence electrons. The zero-order chi connectivity index (χ0) is 14.7. The van der Waals surface area contributed by atoms with Crippen LogP contribution in [0.5, 0.6) is 0 Å². The Balaban J connectivity index is 0.00000132. The highest BCUT2D eigenvalue weighted by Crippen LogP contribution is 2.12. The van der Waals surface area contributed by atoms with Crippen LogP contribution in [0.2, 0.25) is 0 Å². The van der Waals surface area contributed by atoms with E-state index in [1.54, 1.807) is 23.0 Å². The molecule has 5 nitrogen and oxygen atoms in total. The summed E-state index contributed by atoms with van der Waals surface area (Å²) >= 11 is 0. The van der Waals surface area contributed by atoms with E-state index in [1.807, 2.05) is 0 Å². The molecule has 1 amide bonds. The molecule has 0 saturated carbocycles. The second kappa shape index (κ2) is 8.86. The lowest BCUT2D eigenvalue weighted by Gasteiger charge is -2.12. The van der Waals surface area contributed by atoms with Gasteiger partial charge >= 0.3 is 0 Å². The standard InChI is InChI=1S/C15H17FN4O.2ClH/c16-11-3-5-13(6-4-11)20-10-17-9-14(20)15(21)19-8-12-2-1-7-18-12;;/h3-6,9-10,12,18H,1-2,7-8H2,(H,19,21);2*1H. The van der Waals surface area contributed by atoms with Gasteiger partial charge in [0, 0.05) is 18.3 Å². The van der Waals surface area contributed by atoms with Crippen LogP contribution in [-0.4, -0.2) is 34.6 Å². The SMILES string of the molecule is Cl.Cl.O=C(NCC1CCCN1)c1cncn1-c1ccc(F)cc1. The maximum Gasteiger partial charge on any atom is 0.269 e. The van der Waals surface area contributed by atoms with E-state index < -0.39 is 0 Å². The summed E-state index contributed by atoms with van der Waals surface area (Å²) in [5, 5.41) is 6.24. The van der Waals surface area contributed by atoms with Crippen molar-refractivity contribution in [2.75, 3.05) is 13.1 Å². The van der Waals surface area contributed by atoms with Crippen molar-refractivity contribution >= 4 is 30.7 Å². The largest absolute Gasteiger partial charge is 0.349 e. The maximum atomic E-state index is 13.0. The van der Waals surface area contributed by atoms with Crippen molar-refractivity contribution in [1.29, 1.82) is 0 Å². The first-order valence-electron chi connectivity index (χ1n) is 7.04. The number of nitrogens with zero attached hydrogens (tertiary/aromatic N) is 2. The molecule has 1 aromatic heterocycles. The Morgan fingerprint density at radius 2 is 2.09 bits per heavy atom. The van der Waals surface area contributed by atoms with Gasteiger partial charge in [0.1, 0.15) is 11.5 Å². The quantitative estimate of drug-likeness (QED) is 0.879. The molecule has 2 N–H and O–H groups in total. The first-order valence-corrected chi connectivity index (χ1v) is 7.04. The normalized spacial score (nSPS) is 16.3. The van der Waals surface area contributed by atoms with Crippen LogP contribution in [0.3, 0.4) is 0 Å². The minimum absolute atomic E-state index is 0. The fraction of sp³-hybridized carbons (Fsp3) is 0.333. The van der Waals surface area contributed by atoms with Gasteiger partial charge in [-0.3, -0.25) is 9.36 Å². The van der Waals surface area contributed by atoms with Crippen LogP contribution in [0, 0.1) is 5.82 Å². The number of benzene rings is 1. The summed E-state index contributed by atoms with van der Waals surface area (Å²) in [5.74, 6) is -0.484. The molecule has 23 heavy (non-hydrogen) atoms. The third-order valence-corrected chi connectivity index (χ3v) is 3.65. The molecule has 0 bridgehead atoms. The van der Waals surface area contributed by atoms with Crippen LogP contribution >= 0.6 is 24.8 Å². The molecule has 1 unspecified atom stereocenters. The number of carbonyl (C=O) groups is 1. The summed E-state index contributed by atoms with van der Waals surface area (Å²) in [5.41, 5.74) is 1.15. The van der Waals surface area contributed by atoms with Gasteiger partial charge in [-0.2, -0.15) is 0 Å². The zero-order valence-electron chi connectivity index (χ0n) is 12.4. The second-order valence-corrected chi connectivity index (χ2v) is 5.13. The Labute approximate surface area is 146 Å². The lowest BCUT2D eigenvalue weighted by Crippen LogP contribution is -2.37. The lowest BCUT2D eigenvalue weighted by atomic mass is 10.2. The molecule has 1 atom stereocenters. The van der Waals surface area contributed by atoms with Gasteiger partial charge in [0.15, 0.2) is 0 Å². The number of aromatic nitrogens is 2. The summed E-state index contributed by atoms with van der Waals surface area (Å²) in [6.07, 6.45) is 5.29. The summed E-state index contributed by atoms with van der Waals surface area (Å²) in [6, 6.07) is 6.30. The molecular weight excluding hydrogens is 342 g/mol. The molecule has 1 aliphatic rings. The van der Waals surface area contributed by atoms with Gasteiger partial charge in [0.25, 0.3) is 5.91 Å². The van der Waals surface area contributed by atoms with E-state index in [0.29, 0.717) is 24.0 Å². The number of carbonyl (C=O) groups excluding carboxylic acids is 1. The third-order valence-electron chi connectivity index (χ3n) is 3.65. The smallest absolute Gasteiger partial charge is 0.269 e. The second-order valence-electron chi connectivity index (χ2n) is 5.13. The summed E-state index contributed by atoms with van der Waals surface area (Å²) in [6.45, 7) is 1.61. The first-order chi connectivity index (χ1) is 10.2. The fourth-order valence-corrected chi connectivity index (χ4v) is 2.51. The average molecular weight is 361 g/mol. The van der Waals surface area contributed by atoms with Crippen LogP contribution in [0.4, 0.5) is 4.39 Å². The highest BCUT2D eigenvalue weighted by molar-refractivity contribution is 5.93. The van der Waals surface area contributed by atoms with Gasteiger partial charge in [-0.25, -0.2) is 9.37 Å². The maximum absolute atomic E-state index is 13.0. The molecule has 3 rings (SSSR count). The number of nitrogens with one attached hydrogen (secondary N) is 2. The Hall–Kier alpha value is -1.63. The molecule has 1 aromatic carbocycles. The molecule has 0 aliphatic carbocycles. The van der Waals surface area contributed by atoms with Gasteiger partial charge in [0.05, 0.1) is 12.5 Å². The van der Waals surface area contributed by atoms with Crippen LogP contribution in [0.15, 0.2) is 36.8 Å². The molecular formula is C15H19Cl2FN4O. The van der Waals surface area contributed by atoms with E-state index in [2.05, 4.69) is 15.6 Å². The van der Waals surface area contributed by atoms with Crippen LogP contribution < -0.4 is 10.6 Å². The van der Waals surface area contributed by atoms with Gasteiger partial charge in [-0.1, -0.05) is 0 Å². The molecule has 8 heteroatoms. The number of imidazole rings is 1. The lowest BCUT2D eigenvalue weighted by molar-refractivity contribution is 0.0943. The average Bonchev–Trinajstić information content (AvgIpc) is 3.17. The molecule has 0 spiro atoms. The van der Waals surface area contributed by atoms with E-state index in [9.17, 15) is 9.18 Å². The Bertz CT molecular complexity index is 627. The van der Waals surface area contributed by atoms with Crippen molar-refractivity contribution in [2.45, 2.75) is 18.9 Å². The van der Waals surface area contributed by atoms with Gasteiger partial charge < -0.3 is 10.6 Å². The van der Waals surface area contributed by atoms with Crippen molar-refractivity contribution < 1.29 is 9.18 Å². The first kappa shape index (κ1) is 19.4. The monoisotopic (exact) mass is 360 g/mol. The predicted octanol–water partition coefficient (Wildman–Crippen LogP) is 2.34. The number of amides is 1. The van der Waals surface area contributed by atoms with E-state index in [0.717, 1.165) is 19.4 Å². The molecule has 1 aliphatic heterocycles. The number of halogens is 3. The topological polar surface area (TPSA) is 59.0 Å². The van der Waals surface area contributed by atoms with Gasteiger partial charge in [0.2, 0.25) is 0 Å².